The van der Waals surface area contributed by atoms with E-state index in [2.05, 4.69) is 37.9 Å². The summed E-state index contributed by atoms with van der Waals surface area (Å²) in [6.07, 6.45) is 4.04. The number of hydrogen-bond donors (Lipinski definition) is 0. The highest BCUT2D eigenvalue weighted by atomic mass is 79.9. The van der Waals surface area contributed by atoms with Crippen LogP contribution in [0.4, 0.5) is 5.69 Å². The molecular weight excluding hydrogens is 532 g/mol. The molecule has 1 saturated carbocycles. The molecule has 0 radical (unpaired) electrons. The molecule has 37 heavy (non-hydrogen) atoms. The third kappa shape index (κ3) is 7.50. The van der Waals surface area contributed by atoms with E-state index in [0.717, 1.165) is 48.0 Å². The summed E-state index contributed by atoms with van der Waals surface area (Å²) in [5.74, 6) is 0.429. The summed E-state index contributed by atoms with van der Waals surface area (Å²) in [7, 11) is 0. The fourth-order valence-corrected chi connectivity index (χ4v) is 4.95. The number of piperidine rings is 1. The summed E-state index contributed by atoms with van der Waals surface area (Å²) in [6.45, 7) is 11.2. The normalized spacial score (nSPS) is 18.3. The number of nitrogens with zero attached hydrogens (tertiary/aromatic N) is 2. The van der Waals surface area contributed by atoms with E-state index in [-0.39, 0.29) is 11.8 Å². The summed E-state index contributed by atoms with van der Waals surface area (Å²) in [5.41, 5.74) is 0.458. The summed E-state index contributed by atoms with van der Waals surface area (Å²) in [6, 6.07) is 16.4. The molecule has 0 spiro atoms. The molecule has 1 atom stereocenters. The van der Waals surface area contributed by atoms with Crippen LogP contribution in [0.15, 0.2) is 53.0 Å². The van der Waals surface area contributed by atoms with Crippen molar-refractivity contribution < 1.29 is 19.1 Å². The van der Waals surface area contributed by atoms with Gasteiger partial charge in [-0.15, -0.1) is 0 Å². The van der Waals surface area contributed by atoms with E-state index in [1.54, 1.807) is 13.8 Å². The van der Waals surface area contributed by atoms with Crippen LogP contribution in [0.5, 0.6) is 5.75 Å². The molecule has 2 aromatic rings. The topological polar surface area (TPSA) is 59.1 Å². The minimum Gasteiger partial charge on any atom is -0.476 e. The number of hydrogen-bond acceptors (Lipinski definition) is 5. The van der Waals surface area contributed by atoms with Gasteiger partial charge in [-0.3, -0.25) is 4.79 Å². The van der Waals surface area contributed by atoms with Crippen LogP contribution in [0, 0.1) is 5.92 Å². The Morgan fingerprint density at radius 2 is 1.73 bits per heavy atom. The molecular formula is C30H39BrN2O4. The van der Waals surface area contributed by atoms with E-state index in [1.807, 2.05) is 57.2 Å². The van der Waals surface area contributed by atoms with E-state index >= 15 is 0 Å². The molecule has 2 fully saturated rings. The van der Waals surface area contributed by atoms with E-state index in [1.165, 1.54) is 0 Å². The van der Waals surface area contributed by atoms with Gasteiger partial charge in [0.15, 0.2) is 5.60 Å². The average Bonchev–Trinajstić information content (AvgIpc) is 3.67. The highest BCUT2D eigenvalue weighted by Crippen LogP contribution is 2.33. The van der Waals surface area contributed by atoms with Crippen LogP contribution in [-0.2, 0) is 20.9 Å². The van der Waals surface area contributed by atoms with E-state index in [0.29, 0.717) is 24.9 Å². The van der Waals surface area contributed by atoms with Gasteiger partial charge in [0, 0.05) is 41.9 Å². The van der Waals surface area contributed by atoms with E-state index in [9.17, 15) is 9.59 Å². The number of carbonyl (C=O) groups excluding carboxylic acids is 2. The second-order valence-corrected chi connectivity index (χ2v) is 12.6. The summed E-state index contributed by atoms with van der Waals surface area (Å²) < 4.78 is 12.7. The lowest BCUT2D eigenvalue weighted by molar-refractivity contribution is -0.170. The maximum absolute atomic E-state index is 13.7. The Hall–Kier alpha value is -2.54. The minimum atomic E-state index is -1.12. The van der Waals surface area contributed by atoms with Gasteiger partial charge in [0.1, 0.15) is 11.4 Å². The van der Waals surface area contributed by atoms with Crippen LogP contribution in [0.3, 0.4) is 0 Å². The molecule has 7 heteroatoms. The maximum Gasteiger partial charge on any atom is 0.350 e. The highest BCUT2D eigenvalue weighted by Gasteiger charge is 2.38. The number of halogens is 1. The Labute approximate surface area is 229 Å². The van der Waals surface area contributed by atoms with Crippen LogP contribution < -0.4 is 9.64 Å². The fourth-order valence-electron chi connectivity index (χ4n) is 4.69. The van der Waals surface area contributed by atoms with Crippen LogP contribution >= 0.6 is 15.9 Å². The Balaban J connectivity index is 1.43. The van der Waals surface area contributed by atoms with Crippen molar-refractivity contribution in [2.75, 3.05) is 18.0 Å². The molecule has 1 aliphatic carbocycles. The highest BCUT2D eigenvalue weighted by molar-refractivity contribution is 9.10. The van der Waals surface area contributed by atoms with Crippen LogP contribution in [0.1, 0.15) is 65.9 Å². The molecule has 0 bridgehead atoms. The fraction of sp³-hybridized carbons (Fsp3) is 0.533. The molecule has 2 aromatic carbocycles. The minimum absolute atomic E-state index is 0.0347. The average molecular weight is 572 g/mol. The molecule has 0 N–H and O–H groups in total. The number of anilines is 1. The van der Waals surface area contributed by atoms with Crippen LogP contribution in [0.25, 0.3) is 0 Å². The Morgan fingerprint density at radius 3 is 2.38 bits per heavy atom. The standard InChI is InChI=1S/C30H39BrN2O4/c1-29(2,3)37-28(35)30(4,5)36-26-10-6-9-25(18-26)32-17-7-8-22(20-32)27(34)33(24-15-16-24)19-21-11-13-23(31)14-12-21/h6,9-14,18,22,24H,7-8,15-17,19-20H2,1-5H3/t22-/m1/s1. The van der Waals surface area contributed by atoms with E-state index in [4.69, 9.17) is 9.47 Å². The number of benzene rings is 2. The Bertz CT molecular complexity index is 1110. The Kier molecular flexibility index (Phi) is 8.22. The number of amides is 1. The van der Waals surface area contributed by atoms with Gasteiger partial charge in [0.05, 0.1) is 5.92 Å². The van der Waals surface area contributed by atoms with Crippen LogP contribution in [0.2, 0.25) is 0 Å². The second kappa shape index (κ2) is 11.1. The third-order valence-corrected chi connectivity index (χ3v) is 7.28. The van der Waals surface area contributed by atoms with Crippen molar-refractivity contribution in [2.45, 2.75) is 84.1 Å². The zero-order valence-electron chi connectivity index (χ0n) is 22.6. The molecule has 1 aliphatic heterocycles. The first-order valence-corrected chi connectivity index (χ1v) is 14.0. The van der Waals surface area contributed by atoms with Gasteiger partial charge in [-0.2, -0.15) is 0 Å². The van der Waals surface area contributed by atoms with Gasteiger partial charge < -0.3 is 19.3 Å². The monoisotopic (exact) mass is 570 g/mol. The van der Waals surface area contributed by atoms with Gasteiger partial charge >= 0.3 is 5.97 Å². The number of esters is 1. The molecule has 2 aliphatic rings. The van der Waals surface area contributed by atoms with Crippen molar-refractivity contribution in [3.8, 4) is 5.75 Å². The van der Waals surface area contributed by atoms with Gasteiger partial charge in [-0.25, -0.2) is 4.79 Å². The van der Waals surface area contributed by atoms with Gasteiger partial charge in [0.25, 0.3) is 0 Å². The lowest BCUT2D eigenvalue weighted by Crippen LogP contribution is -2.45. The van der Waals surface area contributed by atoms with Crippen molar-refractivity contribution in [3.63, 3.8) is 0 Å². The quantitative estimate of drug-likeness (QED) is 0.346. The molecule has 200 valence electrons. The first-order chi connectivity index (χ1) is 17.4. The lowest BCUT2D eigenvalue weighted by atomic mass is 9.95. The predicted molar refractivity (Wildman–Crippen MR) is 150 cm³/mol. The molecule has 6 nitrogen and oxygen atoms in total. The molecule has 1 heterocycles. The summed E-state index contributed by atoms with van der Waals surface area (Å²) in [4.78, 5) is 30.7. The van der Waals surface area contributed by atoms with Gasteiger partial charge in [0.2, 0.25) is 5.91 Å². The van der Waals surface area contributed by atoms with E-state index < -0.39 is 17.2 Å². The molecule has 0 unspecified atom stereocenters. The van der Waals surface area contributed by atoms with Crippen LogP contribution in [-0.4, -0.2) is 47.1 Å². The zero-order chi connectivity index (χ0) is 26.8. The van der Waals surface area contributed by atoms with Gasteiger partial charge in [-0.1, -0.05) is 34.1 Å². The first-order valence-electron chi connectivity index (χ1n) is 13.2. The first kappa shape index (κ1) is 27.5. The SMILES string of the molecule is CC(C)(C)OC(=O)C(C)(C)Oc1cccc(N2CCC[C@@H](C(=O)N(Cc3ccc(Br)cc3)C3CC3)C2)c1. The predicted octanol–water partition coefficient (Wildman–Crippen LogP) is 6.36. The third-order valence-electron chi connectivity index (χ3n) is 6.75. The van der Waals surface area contributed by atoms with Crippen molar-refractivity contribution in [2.24, 2.45) is 5.92 Å². The molecule has 1 saturated heterocycles. The number of rotatable bonds is 8. The number of ether oxygens (including phenoxy) is 2. The molecule has 1 amide bonds. The second-order valence-electron chi connectivity index (χ2n) is 11.7. The smallest absolute Gasteiger partial charge is 0.350 e. The summed E-state index contributed by atoms with van der Waals surface area (Å²) >= 11 is 3.49. The van der Waals surface area contributed by atoms with Crippen molar-refractivity contribution in [1.82, 2.24) is 4.90 Å². The van der Waals surface area contributed by atoms with Crippen molar-refractivity contribution in [1.29, 1.82) is 0 Å². The lowest BCUT2D eigenvalue weighted by Gasteiger charge is -2.37. The van der Waals surface area contributed by atoms with Gasteiger partial charge in [-0.05, 0) is 90.1 Å². The van der Waals surface area contributed by atoms with Crippen molar-refractivity contribution in [3.05, 3.63) is 58.6 Å². The zero-order valence-corrected chi connectivity index (χ0v) is 24.2. The Morgan fingerprint density at radius 1 is 1.03 bits per heavy atom. The maximum atomic E-state index is 13.7. The molecule has 0 aromatic heterocycles. The van der Waals surface area contributed by atoms with Crippen molar-refractivity contribution >= 4 is 33.5 Å². The summed E-state index contributed by atoms with van der Waals surface area (Å²) in [5, 5.41) is 0. The number of carbonyl (C=O) groups is 2. The molecule has 4 rings (SSSR count). The largest absolute Gasteiger partial charge is 0.476 e.